The van der Waals surface area contributed by atoms with Crippen LogP contribution in [0.2, 0.25) is 0 Å². The highest BCUT2D eigenvalue weighted by molar-refractivity contribution is 7.89. The van der Waals surface area contributed by atoms with Crippen LogP contribution in [0.4, 0.5) is 10.5 Å². The molecule has 0 radical (unpaired) electrons. The molecule has 1 saturated heterocycles. The summed E-state index contributed by atoms with van der Waals surface area (Å²) in [5.74, 6) is -0.135. The van der Waals surface area contributed by atoms with Crippen molar-refractivity contribution in [3.8, 4) is 0 Å². The van der Waals surface area contributed by atoms with E-state index in [1.165, 1.54) is 16.4 Å². The maximum Gasteiger partial charge on any atom is 0.319 e. The second-order valence-electron chi connectivity index (χ2n) is 7.64. The molecule has 0 aromatic heterocycles. The zero-order chi connectivity index (χ0) is 23.1. The number of anilines is 1. The van der Waals surface area contributed by atoms with Crippen LogP contribution in [0, 0.1) is 0 Å². The molecule has 172 valence electrons. The highest BCUT2D eigenvalue weighted by Crippen LogP contribution is 2.19. The zero-order valence-electron chi connectivity index (χ0n) is 18.5. The number of amides is 3. The molecule has 0 aliphatic carbocycles. The third kappa shape index (κ3) is 5.66. The second kappa shape index (κ2) is 10.6. The molecule has 0 atom stereocenters. The first-order valence-electron chi connectivity index (χ1n) is 10.9. The Bertz CT molecular complexity index is 1010. The first kappa shape index (κ1) is 23.7. The Kier molecular flexibility index (Phi) is 7.87. The highest BCUT2D eigenvalue weighted by atomic mass is 32.2. The molecule has 9 heteroatoms. The van der Waals surface area contributed by atoms with Gasteiger partial charge in [-0.3, -0.25) is 4.79 Å². The number of carbonyl (C=O) groups excluding carboxylic acids is 2. The lowest BCUT2D eigenvalue weighted by Crippen LogP contribution is -2.47. The molecule has 1 heterocycles. The molecule has 2 aromatic rings. The number of piperidine rings is 1. The number of nitrogens with zero attached hydrogens (tertiary/aromatic N) is 2. The SMILES string of the molecule is CCN(CC)S(=O)(=O)c1ccc(C(=O)N2CCC(NC(=O)Nc3ccccc3)CC2)cc1. The van der Waals surface area contributed by atoms with Gasteiger partial charge in [-0.2, -0.15) is 4.31 Å². The minimum Gasteiger partial charge on any atom is -0.338 e. The molecule has 3 amide bonds. The number of urea groups is 1. The van der Waals surface area contributed by atoms with E-state index in [1.807, 2.05) is 30.3 Å². The van der Waals surface area contributed by atoms with E-state index in [0.29, 0.717) is 44.6 Å². The molecule has 1 aliphatic heterocycles. The van der Waals surface area contributed by atoms with Crippen LogP contribution >= 0.6 is 0 Å². The second-order valence-corrected chi connectivity index (χ2v) is 9.58. The Labute approximate surface area is 189 Å². The van der Waals surface area contributed by atoms with Crippen LogP contribution in [0.15, 0.2) is 59.5 Å². The van der Waals surface area contributed by atoms with Crippen molar-refractivity contribution in [3.63, 3.8) is 0 Å². The van der Waals surface area contributed by atoms with Gasteiger partial charge < -0.3 is 15.5 Å². The van der Waals surface area contributed by atoms with E-state index >= 15 is 0 Å². The average Bonchev–Trinajstić information content (AvgIpc) is 2.80. The number of carbonyl (C=O) groups is 2. The van der Waals surface area contributed by atoms with E-state index in [0.717, 1.165) is 5.69 Å². The van der Waals surface area contributed by atoms with Gasteiger partial charge in [0.15, 0.2) is 0 Å². The van der Waals surface area contributed by atoms with Crippen LogP contribution in [0.5, 0.6) is 0 Å². The molecule has 8 nitrogen and oxygen atoms in total. The average molecular weight is 459 g/mol. The van der Waals surface area contributed by atoms with Crippen LogP contribution in [0.3, 0.4) is 0 Å². The molecular formula is C23H30N4O4S. The van der Waals surface area contributed by atoms with Gasteiger partial charge in [0.05, 0.1) is 4.90 Å². The lowest BCUT2D eigenvalue weighted by Gasteiger charge is -2.32. The van der Waals surface area contributed by atoms with Gasteiger partial charge in [0.1, 0.15) is 0 Å². The van der Waals surface area contributed by atoms with Gasteiger partial charge >= 0.3 is 6.03 Å². The Hall–Kier alpha value is -2.91. The third-order valence-corrected chi connectivity index (χ3v) is 7.66. The number of para-hydroxylation sites is 1. The predicted octanol–water partition coefficient (Wildman–Crippen LogP) is 3.14. The quantitative estimate of drug-likeness (QED) is 0.666. The number of hydrogen-bond acceptors (Lipinski definition) is 4. The van der Waals surface area contributed by atoms with Crippen LogP contribution in [-0.2, 0) is 10.0 Å². The summed E-state index contributed by atoms with van der Waals surface area (Å²) in [6, 6.07) is 15.1. The standard InChI is InChI=1S/C23H30N4O4S/c1-3-27(4-2)32(30,31)21-12-10-18(11-13-21)22(28)26-16-14-20(15-17-26)25-23(29)24-19-8-6-5-7-9-19/h5-13,20H,3-4,14-17H2,1-2H3,(H2,24,25,29). The fourth-order valence-corrected chi connectivity index (χ4v) is 5.22. The van der Waals surface area contributed by atoms with Gasteiger partial charge in [-0.05, 0) is 49.2 Å². The van der Waals surface area contributed by atoms with Crippen molar-refractivity contribution >= 4 is 27.6 Å². The van der Waals surface area contributed by atoms with Gasteiger partial charge in [-0.25, -0.2) is 13.2 Å². The van der Waals surface area contributed by atoms with Crippen molar-refractivity contribution in [1.82, 2.24) is 14.5 Å². The first-order chi connectivity index (χ1) is 15.3. The normalized spacial score (nSPS) is 14.9. The summed E-state index contributed by atoms with van der Waals surface area (Å²) in [6.07, 6.45) is 1.31. The van der Waals surface area contributed by atoms with E-state index in [9.17, 15) is 18.0 Å². The van der Waals surface area contributed by atoms with Crippen molar-refractivity contribution in [2.75, 3.05) is 31.5 Å². The highest BCUT2D eigenvalue weighted by Gasteiger charge is 2.26. The van der Waals surface area contributed by atoms with E-state index in [4.69, 9.17) is 0 Å². The number of rotatable bonds is 7. The number of sulfonamides is 1. The number of likely N-dealkylation sites (tertiary alicyclic amines) is 1. The molecule has 0 bridgehead atoms. The van der Waals surface area contributed by atoms with Crippen molar-refractivity contribution < 1.29 is 18.0 Å². The van der Waals surface area contributed by atoms with Crippen molar-refractivity contribution in [1.29, 1.82) is 0 Å². The van der Waals surface area contributed by atoms with Gasteiger partial charge in [-0.15, -0.1) is 0 Å². The summed E-state index contributed by atoms with van der Waals surface area (Å²) in [4.78, 5) is 26.9. The molecule has 3 rings (SSSR count). The molecular weight excluding hydrogens is 428 g/mol. The molecule has 0 saturated carbocycles. The molecule has 0 spiro atoms. The largest absolute Gasteiger partial charge is 0.338 e. The number of benzene rings is 2. The topological polar surface area (TPSA) is 98.8 Å². The van der Waals surface area contributed by atoms with E-state index in [1.54, 1.807) is 30.9 Å². The first-order valence-corrected chi connectivity index (χ1v) is 12.3. The smallest absolute Gasteiger partial charge is 0.319 e. The molecule has 1 aliphatic rings. The lowest BCUT2D eigenvalue weighted by molar-refractivity contribution is 0.0708. The number of hydrogen-bond donors (Lipinski definition) is 2. The summed E-state index contributed by atoms with van der Waals surface area (Å²) in [7, 11) is -3.55. The molecule has 32 heavy (non-hydrogen) atoms. The molecule has 1 fully saturated rings. The summed E-state index contributed by atoms with van der Waals surface area (Å²) in [6.45, 7) is 5.42. The third-order valence-electron chi connectivity index (χ3n) is 5.59. The van der Waals surface area contributed by atoms with Crippen LogP contribution < -0.4 is 10.6 Å². The van der Waals surface area contributed by atoms with Crippen LogP contribution in [0.25, 0.3) is 0 Å². The Morgan fingerprint density at radius 2 is 1.56 bits per heavy atom. The minimum atomic E-state index is -3.55. The maximum atomic E-state index is 12.8. The summed E-state index contributed by atoms with van der Waals surface area (Å²) >= 11 is 0. The Balaban J connectivity index is 1.53. The zero-order valence-corrected chi connectivity index (χ0v) is 19.3. The molecule has 2 N–H and O–H groups in total. The van der Waals surface area contributed by atoms with Crippen LogP contribution in [-0.4, -0.2) is 61.8 Å². The monoisotopic (exact) mass is 458 g/mol. The molecule has 0 unspecified atom stereocenters. The molecule has 2 aromatic carbocycles. The van der Waals surface area contributed by atoms with Crippen LogP contribution in [0.1, 0.15) is 37.0 Å². The van der Waals surface area contributed by atoms with Crippen molar-refractivity contribution in [2.45, 2.75) is 37.6 Å². The van der Waals surface area contributed by atoms with E-state index in [-0.39, 0.29) is 22.9 Å². The Morgan fingerprint density at radius 3 is 2.12 bits per heavy atom. The number of nitrogens with one attached hydrogen (secondary N) is 2. The fourth-order valence-electron chi connectivity index (χ4n) is 3.77. The lowest BCUT2D eigenvalue weighted by atomic mass is 10.0. The summed E-state index contributed by atoms with van der Waals surface area (Å²) in [5, 5.41) is 5.75. The fraction of sp³-hybridized carbons (Fsp3) is 0.391. The minimum absolute atomic E-state index is 0.00986. The van der Waals surface area contributed by atoms with Crippen molar-refractivity contribution in [2.24, 2.45) is 0 Å². The van der Waals surface area contributed by atoms with Crippen molar-refractivity contribution in [3.05, 3.63) is 60.2 Å². The van der Waals surface area contributed by atoms with Gasteiger partial charge in [-0.1, -0.05) is 32.0 Å². The van der Waals surface area contributed by atoms with Gasteiger partial charge in [0.25, 0.3) is 5.91 Å². The predicted molar refractivity (Wildman–Crippen MR) is 124 cm³/mol. The summed E-state index contributed by atoms with van der Waals surface area (Å²) in [5.41, 5.74) is 1.18. The summed E-state index contributed by atoms with van der Waals surface area (Å²) < 4.78 is 26.6. The van der Waals surface area contributed by atoms with Gasteiger partial charge in [0, 0.05) is 43.5 Å². The maximum absolute atomic E-state index is 12.8. The van der Waals surface area contributed by atoms with Gasteiger partial charge in [0.2, 0.25) is 10.0 Å². The Morgan fingerprint density at radius 1 is 0.969 bits per heavy atom. The van der Waals surface area contributed by atoms with E-state index < -0.39 is 10.0 Å². The van der Waals surface area contributed by atoms with E-state index in [2.05, 4.69) is 10.6 Å².